The normalized spacial score (nSPS) is 11.3. The molecule has 0 saturated carbocycles. The molecule has 0 fully saturated rings. The predicted octanol–water partition coefficient (Wildman–Crippen LogP) is 4.77. The molecule has 0 aliphatic rings. The molecule has 2 heteroatoms. The summed E-state index contributed by atoms with van der Waals surface area (Å²) in [6.45, 7) is 6.53. The minimum Gasteiger partial charge on any atom is -0.359 e. The lowest BCUT2D eigenvalue weighted by Gasteiger charge is -2.02. The van der Waals surface area contributed by atoms with E-state index in [4.69, 9.17) is 0 Å². The molecule has 1 N–H and O–H groups in total. The number of hydrogen-bond donors (Lipinski definition) is 1. The molecule has 2 nitrogen and oxygen atoms in total. The molecule has 0 atom stereocenters. The summed E-state index contributed by atoms with van der Waals surface area (Å²) in [6, 6.07) is 0. The summed E-state index contributed by atoms with van der Waals surface area (Å²) in [5.74, 6) is 0.162. The number of allylic oxidation sites excluding steroid dienone is 4. The molecule has 0 bridgehead atoms. The van der Waals surface area contributed by atoms with Crippen molar-refractivity contribution >= 4 is 5.91 Å². The number of carbonyl (C=O) groups is 1. The van der Waals surface area contributed by atoms with Crippen LogP contribution in [0.3, 0.4) is 0 Å². The lowest BCUT2D eigenvalue weighted by molar-refractivity contribution is -0.120. The summed E-state index contributed by atoms with van der Waals surface area (Å²) in [5.41, 5.74) is 2.91. The molecule has 0 rings (SSSR count). The van der Waals surface area contributed by atoms with Crippen LogP contribution in [0.2, 0.25) is 0 Å². The number of rotatable bonds is 10. The van der Waals surface area contributed by atoms with Gasteiger partial charge in [-0.1, -0.05) is 36.1 Å². The molecule has 1 amide bonds. The van der Waals surface area contributed by atoms with Gasteiger partial charge in [0.25, 0.3) is 0 Å². The van der Waals surface area contributed by atoms with Gasteiger partial charge in [-0.05, 0) is 52.9 Å². The molecule has 0 heterocycles. The van der Waals surface area contributed by atoms with Gasteiger partial charge in [0.15, 0.2) is 0 Å². The second kappa shape index (κ2) is 12.0. The number of nitrogens with one attached hydrogen (secondary N) is 1. The molecular formula is C17H31NO. The zero-order chi connectivity index (χ0) is 14.5. The van der Waals surface area contributed by atoms with Gasteiger partial charge in [-0.25, -0.2) is 0 Å². The lowest BCUT2D eigenvalue weighted by atomic mass is 10.0. The molecule has 19 heavy (non-hydrogen) atoms. The van der Waals surface area contributed by atoms with E-state index in [0.717, 1.165) is 19.3 Å². The van der Waals surface area contributed by atoms with Gasteiger partial charge < -0.3 is 5.32 Å². The van der Waals surface area contributed by atoms with Crippen LogP contribution in [0.5, 0.6) is 0 Å². The van der Waals surface area contributed by atoms with Gasteiger partial charge in [-0.2, -0.15) is 0 Å². The average molecular weight is 265 g/mol. The van der Waals surface area contributed by atoms with Crippen LogP contribution in [-0.2, 0) is 4.79 Å². The third-order valence-corrected chi connectivity index (χ3v) is 3.22. The van der Waals surface area contributed by atoms with E-state index in [9.17, 15) is 4.79 Å². The third kappa shape index (κ3) is 13.2. The molecule has 0 unspecified atom stereocenters. The van der Waals surface area contributed by atoms with Crippen molar-refractivity contribution in [3.8, 4) is 0 Å². The minimum absolute atomic E-state index is 0.162. The smallest absolute Gasteiger partial charge is 0.219 e. The topological polar surface area (TPSA) is 29.1 Å². The molecule has 0 aromatic heterocycles. The van der Waals surface area contributed by atoms with E-state index in [-0.39, 0.29) is 5.91 Å². The molecule has 110 valence electrons. The van der Waals surface area contributed by atoms with E-state index < -0.39 is 0 Å². The maximum Gasteiger partial charge on any atom is 0.219 e. The summed E-state index contributed by atoms with van der Waals surface area (Å²) in [6.07, 6.45) is 13.5. The van der Waals surface area contributed by atoms with Gasteiger partial charge in [0, 0.05) is 13.5 Å². The Hall–Kier alpha value is -1.05. The van der Waals surface area contributed by atoms with Crippen molar-refractivity contribution in [2.24, 2.45) is 0 Å². The third-order valence-electron chi connectivity index (χ3n) is 3.22. The standard InChI is InChI=1S/C17H31NO/c1-15(2)11-9-10-13-16(3)12-7-5-6-8-14-17(19)18-4/h11,13H,5-10,12,14H2,1-4H3,(H,18,19)/b16-13+. The summed E-state index contributed by atoms with van der Waals surface area (Å²) < 4.78 is 0. The first kappa shape index (κ1) is 17.9. The van der Waals surface area contributed by atoms with E-state index in [1.807, 2.05) is 0 Å². The first-order chi connectivity index (χ1) is 9.06. The highest BCUT2D eigenvalue weighted by Crippen LogP contribution is 2.12. The van der Waals surface area contributed by atoms with Crippen LogP contribution >= 0.6 is 0 Å². The van der Waals surface area contributed by atoms with Crippen LogP contribution in [0.4, 0.5) is 0 Å². The Balaban J connectivity index is 3.47. The van der Waals surface area contributed by atoms with Crippen LogP contribution in [0, 0.1) is 0 Å². The van der Waals surface area contributed by atoms with Gasteiger partial charge in [0.1, 0.15) is 0 Å². The summed E-state index contributed by atoms with van der Waals surface area (Å²) in [5, 5.41) is 2.66. The van der Waals surface area contributed by atoms with Crippen LogP contribution in [-0.4, -0.2) is 13.0 Å². The Kier molecular flexibility index (Phi) is 11.3. The zero-order valence-corrected chi connectivity index (χ0v) is 13.2. The maximum absolute atomic E-state index is 11.0. The Morgan fingerprint density at radius 3 is 2.05 bits per heavy atom. The van der Waals surface area contributed by atoms with E-state index in [0.29, 0.717) is 6.42 Å². The van der Waals surface area contributed by atoms with Gasteiger partial charge in [0.2, 0.25) is 5.91 Å². The second-order valence-electron chi connectivity index (χ2n) is 5.50. The van der Waals surface area contributed by atoms with E-state index in [1.165, 1.54) is 36.8 Å². The van der Waals surface area contributed by atoms with Crippen molar-refractivity contribution in [3.05, 3.63) is 23.3 Å². The lowest BCUT2D eigenvalue weighted by Crippen LogP contribution is -2.16. The monoisotopic (exact) mass is 265 g/mol. The van der Waals surface area contributed by atoms with Crippen LogP contribution in [0.15, 0.2) is 23.3 Å². The highest BCUT2D eigenvalue weighted by molar-refractivity contribution is 5.75. The molecule has 0 spiro atoms. The van der Waals surface area contributed by atoms with Gasteiger partial charge in [-0.3, -0.25) is 4.79 Å². The van der Waals surface area contributed by atoms with Crippen molar-refractivity contribution in [1.82, 2.24) is 5.32 Å². The van der Waals surface area contributed by atoms with Gasteiger partial charge in [-0.15, -0.1) is 0 Å². The predicted molar refractivity (Wildman–Crippen MR) is 84.2 cm³/mol. The quantitative estimate of drug-likeness (QED) is 0.447. The van der Waals surface area contributed by atoms with Gasteiger partial charge >= 0.3 is 0 Å². The zero-order valence-electron chi connectivity index (χ0n) is 13.2. The molecule has 0 radical (unpaired) electrons. The van der Waals surface area contributed by atoms with Crippen LogP contribution in [0.1, 0.15) is 72.1 Å². The number of hydrogen-bond acceptors (Lipinski definition) is 1. The van der Waals surface area contributed by atoms with Crippen molar-refractivity contribution in [2.45, 2.75) is 72.1 Å². The fourth-order valence-electron chi connectivity index (χ4n) is 1.97. The minimum atomic E-state index is 0.162. The SMILES string of the molecule is CNC(=O)CCCCCC/C(C)=C/CCC=C(C)C. The molecular weight excluding hydrogens is 234 g/mol. The van der Waals surface area contributed by atoms with Crippen molar-refractivity contribution in [2.75, 3.05) is 7.05 Å². The Morgan fingerprint density at radius 1 is 0.895 bits per heavy atom. The molecule has 0 aliphatic carbocycles. The highest BCUT2D eigenvalue weighted by atomic mass is 16.1. The summed E-state index contributed by atoms with van der Waals surface area (Å²) in [7, 11) is 1.70. The highest BCUT2D eigenvalue weighted by Gasteiger charge is 1.97. The van der Waals surface area contributed by atoms with Gasteiger partial charge in [0.05, 0.1) is 0 Å². The second-order valence-corrected chi connectivity index (χ2v) is 5.50. The number of amides is 1. The Labute approximate surface area is 119 Å². The first-order valence-electron chi connectivity index (χ1n) is 7.56. The maximum atomic E-state index is 11.0. The van der Waals surface area contributed by atoms with Crippen molar-refractivity contribution < 1.29 is 4.79 Å². The fourth-order valence-corrected chi connectivity index (χ4v) is 1.97. The molecule has 0 aromatic carbocycles. The van der Waals surface area contributed by atoms with E-state index >= 15 is 0 Å². The molecule has 0 saturated heterocycles. The molecule has 0 aliphatic heterocycles. The number of unbranched alkanes of at least 4 members (excludes halogenated alkanes) is 4. The largest absolute Gasteiger partial charge is 0.359 e. The fraction of sp³-hybridized carbons (Fsp3) is 0.706. The van der Waals surface area contributed by atoms with Crippen LogP contribution < -0.4 is 5.32 Å². The van der Waals surface area contributed by atoms with E-state index in [2.05, 4.69) is 38.2 Å². The van der Waals surface area contributed by atoms with Crippen LogP contribution in [0.25, 0.3) is 0 Å². The molecule has 0 aromatic rings. The Morgan fingerprint density at radius 2 is 1.47 bits per heavy atom. The van der Waals surface area contributed by atoms with E-state index in [1.54, 1.807) is 7.05 Å². The van der Waals surface area contributed by atoms with Crippen molar-refractivity contribution in [1.29, 1.82) is 0 Å². The number of carbonyl (C=O) groups excluding carboxylic acids is 1. The average Bonchev–Trinajstić information content (AvgIpc) is 2.38. The first-order valence-corrected chi connectivity index (χ1v) is 7.56. The summed E-state index contributed by atoms with van der Waals surface area (Å²) in [4.78, 5) is 11.0. The van der Waals surface area contributed by atoms with Crippen molar-refractivity contribution in [3.63, 3.8) is 0 Å². The summed E-state index contributed by atoms with van der Waals surface area (Å²) >= 11 is 0. The Bertz CT molecular complexity index is 298.